The lowest BCUT2D eigenvalue weighted by atomic mass is 10.2. The highest BCUT2D eigenvalue weighted by Gasteiger charge is 2.31. The van der Waals surface area contributed by atoms with Crippen LogP contribution in [0.1, 0.15) is 11.1 Å². The molecule has 0 N–H and O–H groups in total. The summed E-state index contributed by atoms with van der Waals surface area (Å²) in [6.07, 6.45) is -7.82. The monoisotopic (exact) mass is 292 g/mol. The summed E-state index contributed by atoms with van der Waals surface area (Å²) in [7, 11) is 0. The Balaban J connectivity index is 2.29. The van der Waals surface area contributed by atoms with E-state index in [4.69, 9.17) is 0 Å². The van der Waals surface area contributed by atoms with Gasteiger partial charge >= 0.3 is 12.4 Å². The Bertz CT molecular complexity index is 528. The SMILES string of the molecule is FC(F)(F)c1ccc(-c2ccc(C(F)(F)F)cn2)nc1. The number of pyridine rings is 2. The minimum absolute atomic E-state index is 0.0618. The Morgan fingerprint density at radius 3 is 1.15 bits per heavy atom. The van der Waals surface area contributed by atoms with Crippen molar-refractivity contribution >= 4 is 0 Å². The van der Waals surface area contributed by atoms with Crippen molar-refractivity contribution in [2.45, 2.75) is 12.4 Å². The number of halogens is 6. The summed E-state index contributed by atoms with van der Waals surface area (Å²) in [4.78, 5) is 7.09. The second kappa shape index (κ2) is 4.77. The van der Waals surface area contributed by atoms with Gasteiger partial charge in [-0.1, -0.05) is 0 Å². The van der Waals surface area contributed by atoms with E-state index in [-0.39, 0.29) is 11.4 Å². The van der Waals surface area contributed by atoms with E-state index in [0.29, 0.717) is 12.4 Å². The average molecular weight is 292 g/mol. The molecule has 106 valence electrons. The Morgan fingerprint density at radius 2 is 0.950 bits per heavy atom. The van der Waals surface area contributed by atoms with Gasteiger partial charge in [-0.2, -0.15) is 26.3 Å². The average Bonchev–Trinajstić information content (AvgIpc) is 2.37. The normalized spacial score (nSPS) is 12.5. The number of aromatic nitrogens is 2. The lowest BCUT2D eigenvalue weighted by molar-refractivity contribution is -0.138. The fraction of sp³-hybridized carbons (Fsp3) is 0.167. The maximum Gasteiger partial charge on any atom is 0.417 e. The Morgan fingerprint density at radius 1 is 0.600 bits per heavy atom. The van der Waals surface area contributed by atoms with Crippen molar-refractivity contribution < 1.29 is 26.3 Å². The van der Waals surface area contributed by atoms with Crippen molar-refractivity contribution in [3.05, 3.63) is 47.8 Å². The molecule has 0 atom stereocenters. The number of hydrogen-bond acceptors (Lipinski definition) is 2. The molecule has 0 bridgehead atoms. The molecule has 0 aromatic carbocycles. The molecule has 0 spiro atoms. The molecule has 2 rings (SSSR count). The van der Waals surface area contributed by atoms with Gasteiger partial charge in [0.2, 0.25) is 0 Å². The van der Waals surface area contributed by atoms with Crippen LogP contribution in [0.4, 0.5) is 26.3 Å². The van der Waals surface area contributed by atoms with Crippen LogP contribution in [0.5, 0.6) is 0 Å². The van der Waals surface area contributed by atoms with Crippen LogP contribution >= 0.6 is 0 Å². The fourth-order valence-corrected chi connectivity index (χ4v) is 1.43. The smallest absolute Gasteiger partial charge is 0.254 e. The van der Waals surface area contributed by atoms with Crippen LogP contribution in [0.3, 0.4) is 0 Å². The van der Waals surface area contributed by atoms with E-state index in [0.717, 1.165) is 24.3 Å². The maximum absolute atomic E-state index is 12.3. The van der Waals surface area contributed by atoms with Gasteiger partial charge in [0, 0.05) is 12.4 Å². The van der Waals surface area contributed by atoms with Gasteiger partial charge in [0.1, 0.15) is 0 Å². The molecule has 2 heterocycles. The summed E-state index contributed by atoms with van der Waals surface area (Å²) in [6, 6.07) is 3.69. The van der Waals surface area contributed by atoms with Gasteiger partial charge in [-0.15, -0.1) is 0 Å². The number of nitrogens with zero attached hydrogens (tertiary/aromatic N) is 2. The molecule has 2 aromatic rings. The van der Waals surface area contributed by atoms with Crippen LogP contribution in [-0.2, 0) is 12.4 Å². The van der Waals surface area contributed by atoms with Gasteiger partial charge in [-0.05, 0) is 24.3 Å². The molecular formula is C12H6F6N2. The topological polar surface area (TPSA) is 25.8 Å². The first kappa shape index (κ1) is 14.3. The van der Waals surface area contributed by atoms with Crippen LogP contribution in [0.25, 0.3) is 11.4 Å². The first-order valence-electron chi connectivity index (χ1n) is 5.25. The standard InChI is InChI=1S/C12H6F6N2/c13-11(14,15)7-1-3-9(19-5-7)10-4-2-8(6-20-10)12(16,17)18/h1-6H. The minimum atomic E-state index is -4.51. The van der Waals surface area contributed by atoms with E-state index in [2.05, 4.69) is 9.97 Å². The second-order valence-electron chi connectivity index (χ2n) is 3.86. The van der Waals surface area contributed by atoms with Crippen molar-refractivity contribution in [3.63, 3.8) is 0 Å². The van der Waals surface area contributed by atoms with Crippen molar-refractivity contribution in [2.75, 3.05) is 0 Å². The molecule has 0 aliphatic heterocycles. The lowest BCUT2D eigenvalue weighted by Gasteiger charge is -2.08. The lowest BCUT2D eigenvalue weighted by Crippen LogP contribution is -2.06. The predicted molar refractivity (Wildman–Crippen MR) is 57.5 cm³/mol. The summed E-state index contributed by atoms with van der Waals surface area (Å²) in [6.45, 7) is 0. The molecule has 0 saturated heterocycles. The van der Waals surface area contributed by atoms with E-state index >= 15 is 0 Å². The largest absolute Gasteiger partial charge is 0.417 e. The Hall–Kier alpha value is -2.12. The first-order chi connectivity index (χ1) is 9.18. The molecule has 20 heavy (non-hydrogen) atoms. The molecule has 0 aliphatic carbocycles. The van der Waals surface area contributed by atoms with Crippen molar-refractivity contribution in [1.82, 2.24) is 9.97 Å². The van der Waals surface area contributed by atoms with Crippen LogP contribution in [-0.4, -0.2) is 9.97 Å². The van der Waals surface area contributed by atoms with Crippen LogP contribution < -0.4 is 0 Å². The molecule has 0 amide bonds. The predicted octanol–water partition coefficient (Wildman–Crippen LogP) is 4.18. The summed E-state index contributed by atoms with van der Waals surface area (Å²) in [5.41, 5.74) is -1.75. The van der Waals surface area contributed by atoms with Gasteiger partial charge in [0.25, 0.3) is 0 Å². The van der Waals surface area contributed by atoms with Gasteiger partial charge < -0.3 is 0 Å². The van der Waals surface area contributed by atoms with Gasteiger partial charge in [-0.3, -0.25) is 9.97 Å². The minimum Gasteiger partial charge on any atom is -0.254 e. The highest BCUT2D eigenvalue weighted by atomic mass is 19.4. The number of alkyl halides is 6. The third kappa shape index (κ3) is 3.06. The zero-order valence-electron chi connectivity index (χ0n) is 9.63. The van der Waals surface area contributed by atoms with Crippen LogP contribution in [0.2, 0.25) is 0 Å². The molecule has 0 radical (unpaired) electrons. The summed E-state index contributed by atoms with van der Waals surface area (Å²) >= 11 is 0. The zero-order chi connectivity index (χ0) is 15.0. The van der Waals surface area contributed by atoms with Gasteiger partial charge in [0.05, 0.1) is 22.5 Å². The molecule has 0 unspecified atom stereocenters. The Labute approximate surface area is 109 Å². The zero-order valence-corrected chi connectivity index (χ0v) is 9.63. The maximum atomic E-state index is 12.3. The van der Waals surface area contributed by atoms with Crippen LogP contribution in [0.15, 0.2) is 36.7 Å². The summed E-state index contributed by atoms with van der Waals surface area (Å²) in [5.74, 6) is 0. The van der Waals surface area contributed by atoms with E-state index in [9.17, 15) is 26.3 Å². The molecule has 0 aliphatic rings. The highest BCUT2D eigenvalue weighted by molar-refractivity contribution is 5.54. The first-order valence-corrected chi connectivity index (χ1v) is 5.25. The molecule has 0 fully saturated rings. The molecular weight excluding hydrogens is 286 g/mol. The van der Waals surface area contributed by atoms with Crippen LogP contribution in [0, 0.1) is 0 Å². The summed E-state index contributed by atoms with van der Waals surface area (Å²) < 4.78 is 74.0. The molecule has 2 aromatic heterocycles. The van der Waals surface area contributed by atoms with E-state index in [1.807, 2.05) is 0 Å². The third-order valence-corrected chi connectivity index (χ3v) is 2.44. The Kier molecular flexibility index (Phi) is 3.41. The van der Waals surface area contributed by atoms with E-state index in [1.165, 1.54) is 0 Å². The summed E-state index contributed by atoms with van der Waals surface area (Å²) in [5, 5.41) is 0. The second-order valence-corrected chi connectivity index (χ2v) is 3.86. The van der Waals surface area contributed by atoms with E-state index in [1.54, 1.807) is 0 Å². The molecule has 2 nitrogen and oxygen atoms in total. The third-order valence-electron chi connectivity index (χ3n) is 2.44. The fourth-order valence-electron chi connectivity index (χ4n) is 1.43. The van der Waals surface area contributed by atoms with Crippen molar-refractivity contribution in [3.8, 4) is 11.4 Å². The van der Waals surface area contributed by atoms with Gasteiger partial charge in [0.15, 0.2) is 0 Å². The highest BCUT2D eigenvalue weighted by Crippen LogP contribution is 2.31. The van der Waals surface area contributed by atoms with Gasteiger partial charge in [-0.25, -0.2) is 0 Å². The molecule has 8 heteroatoms. The quantitative estimate of drug-likeness (QED) is 0.737. The number of hydrogen-bond donors (Lipinski definition) is 0. The van der Waals surface area contributed by atoms with E-state index < -0.39 is 23.5 Å². The number of rotatable bonds is 1. The van der Waals surface area contributed by atoms with Crippen molar-refractivity contribution in [2.24, 2.45) is 0 Å². The molecule has 0 saturated carbocycles. The van der Waals surface area contributed by atoms with Crippen molar-refractivity contribution in [1.29, 1.82) is 0 Å².